The van der Waals surface area contributed by atoms with Crippen LogP contribution in [0.2, 0.25) is 0 Å². The predicted octanol–water partition coefficient (Wildman–Crippen LogP) is 3.11. The van der Waals surface area contributed by atoms with Crippen LogP contribution in [0.15, 0.2) is 52.1 Å². The summed E-state index contributed by atoms with van der Waals surface area (Å²) >= 11 is 0. The number of hydrogen-bond donors (Lipinski definition) is 2. The first kappa shape index (κ1) is 20.9. The van der Waals surface area contributed by atoms with Gasteiger partial charge in [-0.3, -0.25) is 4.99 Å². The molecule has 1 fully saturated rings. The van der Waals surface area contributed by atoms with Crippen LogP contribution in [0.5, 0.6) is 0 Å². The molecule has 6 nitrogen and oxygen atoms in total. The Morgan fingerprint density at radius 1 is 1.13 bits per heavy atom. The fourth-order valence-corrected chi connectivity index (χ4v) is 4.08. The highest BCUT2D eigenvalue weighted by Crippen LogP contribution is 2.21. The molecule has 2 N–H and O–H groups in total. The van der Waals surface area contributed by atoms with Gasteiger partial charge in [0.2, 0.25) is 0 Å². The van der Waals surface area contributed by atoms with Crippen LogP contribution in [0.25, 0.3) is 0 Å². The van der Waals surface area contributed by atoms with Crippen molar-refractivity contribution in [3.05, 3.63) is 59.5 Å². The summed E-state index contributed by atoms with van der Waals surface area (Å²) in [5.41, 5.74) is 2.93. The van der Waals surface area contributed by atoms with Gasteiger partial charge in [-0.05, 0) is 55.4 Å². The van der Waals surface area contributed by atoms with Crippen molar-refractivity contribution in [3.8, 4) is 0 Å². The predicted molar refractivity (Wildman–Crippen MR) is 118 cm³/mol. The minimum Gasteiger partial charge on any atom is -0.469 e. The van der Waals surface area contributed by atoms with E-state index in [1.54, 1.807) is 6.26 Å². The summed E-state index contributed by atoms with van der Waals surface area (Å²) < 4.78 is 16.7. The third-order valence-corrected chi connectivity index (χ3v) is 5.75. The highest BCUT2D eigenvalue weighted by molar-refractivity contribution is 5.80. The number of aliphatic imine (C=N–C) groups is 1. The van der Waals surface area contributed by atoms with Crippen LogP contribution in [0.3, 0.4) is 0 Å². The molecule has 1 aliphatic heterocycles. The van der Waals surface area contributed by atoms with Gasteiger partial charge in [0, 0.05) is 38.8 Å². The zero-order valence-corrected chi connectivity index (χ0v) is 17.6. The molecular weight excluding hydrogens is 378 g/mol. The van der Waals surface area contributed by atoms with Crippen molar-refractivity contribution < 1.29 is 13.9 Å². The van der Waals surface area contributed by atoms with Crippen molar-refractivity contribution in [3.63, 3.8) is 0 Å². The SMILES string of the molecule is c1coc(CCNC(=NCCCOC2CCOC2)NC2CCc3ccccc3C2)c1. The van der Waals surface area contributed by atoms with Gasteiger partial charge in [-0.15, -0.1) is 0 Å². The fourth-order valence-electron chi connectivity index (χ4n) is 4.08. The van der Waals surface area contributed by atoms with E-state index in [0.29, 0.717) is 6.04 Å². The molecule has 1 aromatic carbocycles. The van der Waals surface area contributed by atoms with Crippen molar-refractivity contribution in [1.29, 1.82) is 0 Å². The number of benzene rings is 1. The first-order chi connectivity index (χ1) is 14.9. The molecule has 0 radical (unpaired) electrons. The molecule has 2 unspecified atom stereocenters. The normalized spacial score (nSPS) is 21.4. The molecule has 4 rings (SSSR count). The molecule has 0 spiro atoms. The summed E-state index contributed by atoms with van der Waals surface area (Å²) in [5.74, 6) is 1.87. The van der Waals surface area contributed by atoms with E-state index in [2.05, 4.69) is 34.9 Å². The third-order valence-electron chi connectivity index (χ3n) is 5.75. The Hall–Kier alpha value is -2.31. The maximum atomic E-state index is 5.86. The number of guanidine groups is 1. The summed E-state index contributed by atoms with van der Waals surface area (Å²) in [6, 6.07) is 13.1. The largest absolute Gasteiger partial charge is 0.469 e. The number of nitrogens with one attached hydrogen (secondary N) is 2. The molecule has 0 saturated carbocycles. The smallest absolute Gasteiger partial charge is 0.191 e. The molecule has 1 aliphatic carbocycles. The molecule has 2 aromatic rings. The molecule has 1 saturated heterocycles. The molecule has 6 heteroatoms. The Kier molecular flexibility index (Phi) is 7.81. The monoisotopic (exact) mass is 411 g/mol. The summed E-state index contributed by atoms with van der Waals surface area (Å²) in [7, 11) is 0. The number of nitrogens with zero attached hydrogens (tertiary/aromatic N) is 1. The highest BCUT2D eigenvalue weighted by atomic mass is 16.5. The number of hydrogen-bond acceptors (Lipinski definition) is 4. The molecule has 0 bridgehead atoms. The van der Waals surface area contributed by atoms with Gasteiger partial charge in [-0.2, -0.15) is 0 Å². The van der Waals surface area contributed by atoms with Gasteiger partial charge in [0.15, 0.2) is 5.96 Å². The van der Waals surface area contributed by atoms with E-state index in [1.165, 1.54) is 11.1 Å². The Morgan fingerprint density at radius 2 is 2.07 bits per heavy atom. The van der Waals surface area contributed by atoms with E-state index in [4.69, 9.17) is 18.9 Å². The molecule has 0 amide bonds. The van der Waals surface area contributed by atoms with E-state index in [1.807, 2.05) is 12.1 Å². The number of furan rings is 1. The van der Waals surface area contributed by atoms with Crippen molar-refractivity contribution >= 4 is 5.96 Å². The quantitative estimate of drug-likeness (QED) is 0.377. The minimum atomic E-state index is 0.264. The van der Waals surface area contributed by atoms with Crippen LogP contribution in [0.1, 0.15) is 36.1 Å². The second kappa shape index (κ2) is 11.2. The number of rotatable bonds is 9. The van der Waals surface area contributed by atoms with E-state index in [-0.39, 0.29) is 6.10 Å². The van der Waals surface area contributed by atoms with E-state index in [0.717, 1.165) is 83.2 Å². The second-order valence-corrected chi connectivity index (χ2v) is 8.05. The second-order valence-electron chi connectivity index (χ2n) is 8.05. The van der Waals surface area contributed by atoms with Gasteiger partial charge in [-0.1, -0.05) is 24.3 Å². The lowest BCUT2D eigenvalue weighted by atomic mass is 9.88. The van der Waals surface area contributed by atoms with Gasteiger partial charge < -0.3 is 24.5 Å². The maximum Gasteiger partial charge on any atom is 0.191 e. The molecule has 30 heavy (non-hydrogen) atoms. The van der Waals surface area contributed by atoms with Crippen LogP contribution in [-0.4, -0.2) is 51.0 Å². The van der Waals surface area contributed by atoms with E-state index >= 15 is 0 Å². The van der Waals surface area contributed by atoms with Gasteiger partial charge in [0.25, 0.3) is 0 Å². The van der Waals surface area contributed by atoms with E-state index in [9.17, 15) is 0 Å². The Morgan fingerprint density at radius 3 is 2.90 bits per heavy atom. The summed E-state index contributed by atoms with van der Waals surface area (Å²) in [5, 5.41) is 7.14. The topological polar surface area (TPSA) is 68.0 Å². The lowest BCUT2D eigenvalue weighted by Gasteiger charge is -2.27. The summed E-state index contributed by atoms with van der Waals surface area (Å²) in [4.78, 5) is 4.81. The molecule has 162 valence electrons. The fraction of sp³-hybridized carbons (Fsp3) is 0.542. The molecule has 1 aromatic heterocycles. The number of fused-ring (bicyclic) bond motifs is 1. The molecular formula is C24H33N3O3. The van der Waals surface area contributed by atoms with E-state index < -0.39 is 0 Å². The first-order valence-corrected chi connectivity index (χ1v) is 11.2. The summed E-state index contributed by atoms with van der Waals surface area (Å²) in [6.07, 6.45) is 8.03. The minimum absolute atomic E-state index is 0.264. The number of aryl methyl sites for hydroxylation is 1. The van der Waals surface area contributed by atoms with Crippen molar-refractivity contribution in [2.45, 2.75) is 50.7 Å². The van der Waals surface area contributed by atoms with Crippen LogP contribution in [-0.2, 0) is 28.7 Å². The zero-order valence-electron chi connectivity index (χ0n) is 17.6. The molecule has 2 aliphatic rings. The van der Waals surface area contributed by atoms with Crippen molar-refractivity contribution in [2.75, 3.05) is 32.9 Å². The molecule has 2 atom stereocenters. The lowest BCUT2D eigenvalue weighted by molar-refractivity contribution is 0.0424. The average molecular weight is 412 g/mol. The zero-order chi connectivity index (χ0) is 20.4. The van der Waals surface area contributed by atoms with Gasteiger partial charge >= 0.3 is 0 Å². The third kappa shape index (κ3) is 6.34. The number of ether oxygens (including phenoxy) is 2. The van der Waals surface area contributed by atoms with Crippen molar-refractivity contribution in [2.24, 2.45) is 4.99 Å². The van der Waals surface area contributed by atoms with Crippen LogP contribution < -0.4 is 10.6 Å². The Bertz CT molecular complexity index is 785. The van der Waals surface area contributed by atoms with Crippen LogP contribution in [0, 0.1) is 0 Å². The van der Waals surface area contributed by atoms with Gasteiger partial charge in [-0.25, -0.2) is 0 Å². The Labute approximate surface area is 179 Å². The first-order valence-electron chi connectivity index (χ1n) is 11.2. The lowest BCUT2D eigenvalue weighted by Crippen LogP contribution is -2.46. The van der Waals surface area contributed by atoms with Crippen LogP contribution >= 0.6 is 0 Å². The maximum absolute atomic E-state index is 5.86. The van der Waals surface area contributed by atoms with Crippen LogP contribution in [0.4, 0.5) is 0 Å². The Balaban J connectivity index is 1.27. The standard InChI is InChI=1S/C24H33N3O3/c1-2-6-20-17-21(9-8-19(20)5-1)27-24(26-13-10-22-7-3-14-29-22)25-12-4-15-30-23-11-16-28-18-23/h1-3,5-7,14,21,23H,4,8-13,15-18H2,(H2,25,26,27). The molecule has 2 heterocycles. The van der Waals surface area contributed by atoms with Crippen molar-refractivity contribution in [1.82, 2.24) is 10.6 Å². The average Bonchev–Trinajstić information content (AvgIpc) is 3.47. The summed E-state index contributed by atoms with van der Waals surface area (Å²) in [6.45, 7) is 3.81. The van der Waals surface area contributed by atoms with Gasteiger partial charge in [0.05, 0.1) is 19.0 Å². The highest BCUT2D eigenvalue weighted by Gasteiger charge is 2.19. The van der Waals surface area contributed by atoms with Gasteiger partial charge in [0.1, 0.15) is 5.76 Å².